The lowest BCUT2D eigenvalue weighted by molar-refractivity contribution is 0.514. The van der Waals surface area contributed by atoms with Crippen molar-refractivity contribution >= 4 is 16.6 Å². The fourth-order valence-electron chi connectivity index (χ4n) is 2.08. The van der Waals surface area contributed by atoms with Gasteiger partial charge in [-0.15, -0.1) is 0 Å². The minimum Gasteiger partial charge on any atom is -0.355 e. The summed E-state index contributed by atoms with van der Waals surface area (Å²) in [7, 11) is 0. The second-order valence-corrected chi connectivity index (χ2v) is 4.24. The quantitative estimate of drug-likeness (QED) is 0.735. The van der Waals surface area contributed by atoms with E-state index in [2.05, 4.69) is 9.88 Å². The number of benzene rings is 1. The van der Waals surface area contributed by atoms with Crippen LogP contribution in [0.15, 0.2) is 35.1 Å². The number of aromatic amines is 1. The van der Waals surface area contributed by atoms with Crippen LogP contribution in [0.4, 0.5) is 5.82 Å². The van der Waals surface area contributed by atoms with Crippen molar-refractivity contribution in [2.75, 3.05) is 18.0 Å². The molecule has 0 unspecified atom stereocenters. The SMILES string of the molecule is NC1CN(c2cc3ccccc3c(=O)[nH]2)C1. The lowest BCUT2D eigenvalue weighted by Gasteiger charge is -2.38. The van der Waals surface area contributed by atoms with Crippen LogP contribution in [0.3, 0.4) is 0 Å². The van der Waals surface area contributed by atoms with E-state index in [1.165, 1.54) is 0 Å². The number of pyridine rings is 1. The standard InChI is InChI=1S/C12H13N3O/c13-9-6-15(7-9)11-5-8-3-1-2-4-10(8)12(16)14-11/h1-5,9H,6-7,13H2,(H,14,16). The number of nitrogens with zero attached hydrogens (tertiary/aromatic N) is 1. The van der Waals surface area contributed by atoms with Crippen LogP contribution >= 0.6 is 0 Å². The van der Waals surface area contributed by atoms with Crippen molar-refractivity contribution in [2.24, 2.45) is 5.73 Å². The number of H-pyrrole nitrogens is 1. The van der Waals surface area contributed by atoms with Crippen LogP contribution in [-0.4, -0.2) is 24.1 Å². The third-order valence-corrected chi connectivity index (χ3v) is 2.99. The molecule has 0 atom stereocenters. The lowest BCUT2D eigenvalue weighted by atomic mass is 10.1. The summed E-state index contributed by atoms with van der Waals surface area (Å²) < 4.78 is 0. The van der Waals surface area contributed by atoms with Gasteiger partial charge in [0.05, 0.1) is 0 Å². The van der Waals surface area contributed by atoms with Gasteiger partial charge < -0.3 is 15.6 Å². The second-order valence-electron chi connectivity index (χ2n) is 4.24. The van der Waals surface area contributed by atoms with E-state index in [1.807, 2.05) is 30.3 Å². The summed E-state index contributed by atoms with van der Waals surface area (Å²) in [6, 6.07) is 9.83. The van der Waals surface area contributed by atoms with Gasteiger partial charge >= 0.3 is 0 Å². The maximum atomic E-state index is 11.8. The average Bonchev–Trinajstić information content (AvgIpc) is 2.25. The molecule has 1 aliphatic heterocycles. The summed E-state index contributed by atoms with van der Waals surface area (Å²) >= 11 is 0. The van der Waals surface area contributed by atoms with E-state index < -0.39 is 0 Å². The smallest absolute Gasteiger partial charge is 0.257 e. The molecule has 1 aromatic carbocycles. The van der Waals surface area contributed by atoms with Gasteiger partial charge in [-0.05, 0) is 17.5 Å². The van der Waals surface area contributed by atoms with Crippen LogP contribution in [-0.2, 0) is 0 Å². The molecule has 1 aromatic heterocycles. The summed E-state index contributed by atoms with van der Waals surface area (Å²) in [6.45, 7) is 1.63. The van der Waals surface area contributed by atoms with Gasteiger partial charge in [-0.3, -0.25) is 4.79 Å². The Morgan fingerprint density at radius 1 is 1.31 bits per heavy atom. The molecule has 1 fully saturated rings. The highest BCUT2D eigenvalue weighted by Crippen LogP contribution is 2.19. The number of rotatable bonds is 1. The zero-order valence-electron chi connectivity index (χ0n) is 8.81. The second kappa shape index (κ2) is 3.35. The summed E-state index contributed by atoms with van der Waals surface area (Å²) in [4.78, 5) is 16.8. The Morgan fingerprint density at radius 3 is 2.81 bits per heavy atom. The van der Waals surface area contributed by atoms with E-state index in [4.69, 9.17) is 5.73 Å². The van der Waals surface area contributed by atoms with E-state index in [-0.39, 0.29) is 11.6 Å². The molecule has 0 saturated carbocycles. The summed E-state index contributed by atoms with van der Waals surface area (Å²) in [6.07, 6.45) is 0. The minimum absolute atomic E-state index is 0.0337. The van der Waals surface area contributed by atoms with Crippen LogP contribution in [0, 0.1) is 0 Å². The summed E-state index contributed by atoms with van der Waals surface area (Å²) in [5, 5.41) is 1.71. The highest BCUT2D eigenvalue weighted by atomic mass is 16.1. The van der Waals surface area contributed by atoms with Crippen molar-refractivity contribution in [1.82, 2.24) is 4.98 Å². The fraction of sp³-hybridized carbons (Fsp3) is 0.250. The largest absolute Gasteiger partial charge is 0.355 e. The van der Waals surface area contributed by atoms with Crippen molar-refractivity contribution in [3.8, 4) is 0 Å². The molecule has 0 amide bonds. The number of aromatic nitrogens is 1. The average molecular weight is 215 g/mol. The number of nitrogens with two attached hydrogens (primary N) is 1. The molecule has 4 heteroatoms. The molecule has 0 bridgehead atoms. The zero-order chi connectivity index (χ0) is 11.1. The summed E-state index contributed by atoms with van der Waals surface area (Å²) in [5.41, 5.74) is 5.69. The Hall–Kier alpha value is -1.81. The first kappa shape index (κ1) is 9.42. The van der Waals surface area contributed by atoms with Gasteiger partial charge in [0.15, 0.2) is 0 Å². The molecular weight excluding hydrogens is 202 g/mol. The van der Waals surface area contributed by atoms with Gasteiger partial charge in [0.1, 0.15) is 5.82 Å². The normalized spacial score (nSPS) is 16.4. The number of hydrogen-bond donors (Lipinski definition) is 2. The Kier molecular flexibility index (Phi) is 1.97. The maximum Gasteiger partial charge on any atom is 0.257 e. The van der Waals surface area contributed by atoms with E-state index >= 15 is 0 Å². The third kappa shape index (κ3) is 1.39. The van der Waals surface area contributed by atoms with Gasteiger partial charge in [0, 0.05) is 24.5 Å². The van der Waals surface area contributed by atoms with Gasteiger partial charge in [-0.25, -0.2) is 0 Å². The van der Waals surface area contributed by atoms with Crippen LogP contribution in [0.1, 0.15) is 0 Å². The number of hydrogen-bond acceptors (Lipinski definition) is 3. The third-order valence-electron chi connectivity index (χ3n) is 2.99. The maximum absolute atomic E-state index is 11.8. The molecule has 3 N–H and O–H groups in total. The fourth-order valence-corrected chi connectivity index (χ4v) is 2.08. The van der Waals surface area contributed by atoms with E-state index in [9.17, 15) is 4.79 Å². The van der Waals surface area contributed by atoms with Gasteiger partial charge in [-0.1, -0.05) is 18.2 Å². The molecule has 2 heterocycles. The molecule has 2 aromatic rings. The zero-order valence-corrected chi connectivity index (χ0v) is 8.81. The molecule has 1 saturated heterocycles. The molecule has 4 nitrogen and oxygen atoms in total. The summed E-state index contributed by atoms with van der Waals surface area (Å²) in [5.74, 6) is 0.866. The Balaban J connectivity index is 2.11. The predicted molar refractivity (Wildman–Crippen MR) is 64.8 cm³/mol. The van der Waals surface area contributed by atoms with Crippen molar-refractivity contribution in [1.29, 1.82) is 0 Å². The molecule has 0 aliphatic carbocycles. The first-order valence-corrected chi connectivity index (χ1v) is 5.36. The first-order valence-electron chi connectivity index (χ1n) is 5.36. The number of fused-ring (bicyclic) bond motifs is 1. The van der Waals surface area contributed by atoms with Gasteiger partial charge in [0.2, 0.25) is 0 Å². The number of nitrogens with one attached hydrogen (secondary N) is 1. The first-order chi connectivity index (χ1) is 7.74. The van der Waals surface area contributed by atoms with Gasteiger partial charge in [0.25, 0.3) is 5.56 Å². The number of anilines is 1. The van der Waals surface area contributed by atoms with Crippen molar-refractivity contribution in [3.05, 3.63) is 40.7 Å². The van der Waals surface area contributed by atoms with Crippen molar-refractivity contribution < 1.29 is 0 Å². The van der Waals surface area contributed by atoms with Crippen LogP contribution in [0.2, 0.25) is 0 Å². The highest BCUT2D eigenvalue weighted by Gasteiger charge is 2.24. The topological polar surface area (TPSA) is 62.1 Å². The molecule has 16 heavy (non-hydrogen) atoms. The molecular formula is C12H13N3O. The molecule has 3 rings (SSSR count). The van der Waals surface area contributed by atoms with Crippen molar-refractivity contribution in [2.45, 2.75) is 6.04 Å². The minimum atomic E-state index is -0.0337. The molecule has 0 radical (unpaired) electrons. The Bertz CT molecular complexity index is 584. The monoisotopic (exact) mass is 215 g/mol. The lowest BCUT2D eigenvalue weighted by Crippen LogP contribution is -2.56. The van der Waals surface area contributed by atoms with Crippen LogP contribution in [0.25, 0.3) is 10.8 Å². The van der Waals surface area contributed by atoms with E-state index in [0.717, 1.165) is 29.7 Å². The van der Waals surface area contributed by atoms with E-state index in [0.29, 0.717) is 0 Å². The van der Waals surface area contributed by atoms with E-state index in [1.54, 1.807) is 0 Å². The molecule has 82 valence electrons. The highest BCUT2D eigenvalue weighted by molar-refractivity contribution is 5.83. The van der Waals surface area contributed by atoms with Crippen LogP contribution in [0.5, 0.6) is 0 Å². The molecule has 0 spiro atoms. The van der Waals surface area contributed by atoms with Crippen molar-refractivity contribution in [3.63, 3.8) is 0 Å². The Labute approximate surface area is 92.7 Å². The van der Waals surface area contributed by atoms with Crippen LogP contribution < -0.4 is 16.2 Å². The molecule has 1 aliphatic rings. The van der Waals surface area contributed by atoms with Gasteiger partial charge in [-0.2, -0.15) is 0 Å². The predicted octanol–water partition coefficient (Wildman–Crippen LogP) is 0.675. The Morgan fingerprint density at radius 2 is 2.06 bits per heavy atom.